The maximum absolute atomic E-state index is 13.3. The topological polar surface area (TPSA) is 156 Å². The summed E-state index contributed by atoms with van der Waals surface area (Å²) in [5, 5.41) is 14.9. The van der Waals surface area contributed by atoms with Gasteiger partial charge in [0.1, 0.15) is 12.3 Å². The highest BCUT2D eigenvalue weighted by molar-refractivity contribution is 6.42. The summed E-state index contributed by atoms with van der Waals surface area (Å²) in [7, 11) is 0. The van der Waals surface area contributed by atoms with Crippen LogP contribution in [0.25, 0.3) is 6.08 Å². The number of hydrogen-bond donors (Lipinski definition) is 3. The van der Waals surface area contributed by atoms with E-state index in [0.29, 0.717) is 22.0 Å². The molecule has 1 aromatic carbocycles. The monoisotopic (exact) mass is 539 g/mol. The van der Waals surface area contributed by atoms with E-state index in [-0.39, 0.29) is 32.2 Å². The van der Waals surface area contributed by atoms with Crippen molar-refractivity contribution in [3.63, 3.8) is 0 Å². The minimum absolute atomic E-state index is 0.108. The van der Waals surface area contributed by atoms with Crippen LogP contribution in [0.15, 0.2) is 24.3 Å². The molecule has 2 heterocycles. The van der Waals surface area contributed by atoms with Crippen molar-refractivity contribution >= 4 is 65.3 Å². The largest absolute Gasteiger partial charge is 0.481 e. The summed E-state index contributed by atoms with van der Waals surface area (Å²) < 4.78 is 0. The van der Waals surface area contributed by atoms with Crippen LogP contribution in [-0.4, -0.2) is 81.3 Å². The van der Waals surface area contributed by atoms with Crippen molar-refractivity contribution in [1.29, 1.82) is 0 Å². The molecule has 1 aromatic rings. The molecule has 0 spiro atoms. The van der Waals surface area contributed by atoms with Gasteiger partial charge in [0.25, 0.3) is 5.91 Å². The van der Waals surface area contributed by atoms with Crippen LogP contribution in [0.4, 0.5) is 4.79 Å². The Morgan fingerprint density at radius 1 is 1.17 bits per heavy atom. The molecule has 2 atom stereocenters. The van der Waals surface area contributed by atoms with E-state index in [0.717, 1.165) is 21.1 Å². The molecule has 2 aliphatic heterocycles. The lowest BCUT2D eigenvalue weighted by atomic mass is 10.1. The minimum Gasteiger partial charge on any atom is -0.481 e. The van der Waals surface area contributed by atoms with Crippen LogP contribution in [0.3, 0.4) is 0 Å². The lowest BCUT2D eigenvalue weighted by Gasteiger charge is -2.42. The third-order valence-electron chi connectivity index (χ3n) is 5.47. The fourth-order valence-corrected chi connectivity index (χ4v) is 4.08. The Morgan fingerprint density at radius 2 is 1.92 bits per heavy atom. The Morgan fingerprint density at radius 3 is 2.58 bits per heavy atom. The number of carboxylic acids is 1. The van der Waals surface area contributed by atoms with Gasteiger partial charge in [-0.05, 0) is 36.6 Å². The van der Waals surface area contributed by atoms with E-state index in [1.54, 1.807) is 18.2 Å². The summed E-state index contributed by atoms with van der Waals surface area (Å²) in [5.41, 5.74) is 2.99. The Kier molecular flexibility index (Phi) is 8.88. The molecule has 2 unspecified atom stereocenters. The molecular weight excluding hydrogens is 517 g/mol. The van der Waals surface area contributed by atoms with Crippen LogP contribution >= 0.6 is 23.2 Å². The van der Waals surface area contributed by atoms with Gasteiger partial charge in [-0.1, -0.05) is 29.3 Å². The van der Waals surface area contributed by atoms with E-state index < -0.39 is 48.2 Å². The molecule has 12 nitrogen and oxygen atoms in total. The molecule has 3 N–H and O–H groups in total. The highest BCUT2D eigenvalue weighted by Gasteiger charge is 2.44. The number of carbonyl (C=O) groups is 6. The van der Waals surface area contributed by atoms with Gasteiger partial charge in [0.2, 0.25) is 11.8 Å². The average Bonchev–Trinajstić information content (AvgIpc) is 2.96. The number of aldehydes is 1. The third kappa shape index (κ3) is 6.52. The zero-order valence-electron chi connectivity index (χ0n) is 18.9. The van der Waals surface area contributed by atoms with Crippen LogP contribution in [-0.2, 0) is 24.0 Å². The molecule has 14 heteroatoms. The molecule has 2 aliphatic rings. The second-order valence-electron chi connectivity index (χ2n) is 8.04. The lowest BCUT2D eigenvalue weighted by molar-refractivity contribution is -0.155. The van der Waals surface area contributed by atoms with Crippen molar-refractivity contribution in [3.05, 3.63) is 39.9 Å². The maximum atomic E-state index is 13.3. The van der Waals surface area contributed by atoms with Crippen molar-refractivity contribution in [3.8, 4) is 0 Å². The van der Waals surface area contributed by atoms with Gasteiger partial charge < -0.3 is 15.2 Å². The Labute approximate surface area is 215 Å². The number of nitrogens with one attached hydrogen (secondary N) is 2. The van der Waals surface area contributed by atoms with Crippen molar-refractivity contribution in [2.45, 2.75) is 37.8 Å². The first-order chi connectivity index (χ1) is 17.1. The SMILES string of the molecule is O=CC(CC(=O)O)NC(=O)C1CCCN2C(=O)CCN(NC(=O)/C=C/c3ccc(Cl)c(Cl)c3)C(=O)N12. The molecule has 0 aliphatic carbocycles. The number of fused-ring (bicyclic) bond motifs is 1. The number of carbonyl (C=O) groups excluding carboxylic acids is 5. The van der Waals surface area contributed by atoms with Gasteiger partial charge >= 0.3 is 12.0 Å². The average molecular weight is 540 g/mol. The Bertz CT molecular complexity index is 1110. The van der Waals surface area contributed by atoms with Crippen LogP contribution in [0.1, 0.15) is 31.2 Å². The van der Waals surface area contributed by atoms with E-state index in [9.17, 15) is 28.8 Å². The van der Waals surface area contributed by atoms with E-state index in [2.05, 4.69) is 10.7 Å². The highest BCUT2D eigenvalue weighted by atomic mass is 35.5. The second kappa shape index (κ2) is 11.9. The number of halogens is 2. The first-order valence-electron chi connectivity index (χ1n) is 10.9. The predicted octanol–water partition coefficient (Wildman–Crippen LogP) is 1.23. The number of hydrazine groups is 2. The smallest absolute Gasteiger partial charge is 0.358 e. The zero-order chi connectivity index (χ0) is 26.4. The molecule has 192 valence electrons. The summed E-state index contributed by atoms with van der Waals surface area (Å²) in [6, 6.07) is 1.45. The van der Waals surface area contributed by atoms with Gasteiger partial charge in [0.05, 0.1) is 29.1 Å². The molecule has 0 aromatic heterocycles. The summed E-state index contributed by atoms with van der Waals surface area (Å²) in [6.45, 7) is 0.0426. The highest BCUT2D eigenvalue weighted by Crippen LogP contribution is 2.24. The normalized spacial score (nSPS) is 18.9. The van der Waals surface area contributed by atoms with E-state index >= 15 is 0 Å². The standard InChI is InChI=1S/C22H23Cl2N5O7/c23-15-5-3-13(10-16(15)24)4-6-18(31)26-27-9-7-19(32)28-8-1-2-17(29(28)22(27)36)21(35)25-14(12-30)11-20(33)34/h3-6,10,12,14,17H,1-2,7-9,11H2,(H,25,35)(H,26,31)(H,33,34)/b6-4+. The summed E-state index contributed by atoms with van der Waals surface area (Å²) in [6.07, 6.45) is 2.73. The Hall–Kier alpha value is -3.64. The van der Waals surface area contributed by atoms with E-state index in [1.807, 2.05) is 0 Å². The minimum atomic E-state index is -1.30. The molecular formula is C22H23Cl2N5O7. The molecule has 2 saturated heterocycles. The first kappa shape index (κ1) is 27.0. The van der Waals surface area contributed by atoms with Crippen molar-refractivity contribution in [2.24, 2.45) is 0 Å². The zero-order valence-corrected chi connectivity index (χ0v) is 20.4. The van der Waals surface area contributed by atoms with Crippen molar-refractivity contribution in [1.82, 2.24) is 25.8 Å². The van der Waals surface area contributed by atoms with Gasteiger partial charge in [0.15, 0.2) is 0 Å². The fourth-order valence-electron chi connectivity index (χ4n) is 3.77. The van der Waals surface area contributed by atoms with E-state index in [1.165, 1.54) is 6.08 Å². The third-order valence-corrected chi connectivity index (χ3v) is 6.21. The number of rotatable bonds is 8. The van der Waals surface area contributed by atoms with Gasteiger partial charge in [-0.2, -0.15) is 0 Å². The van der Waals surface area contributed by atoms with Crippen molar-refractivity contribution < 1.29 is 33.9 Å². The molecule has 0 radical (unpaired) electrons. The van der Waals surface area contributed by atoms with Crippen LogP contribution in [0, 0.1) is 0 Å². The molecule has 0 bridgehead atoms. The number of carboxylic acid groups (broad SMARTS) is 1. The molecule has 0 saturated carbocycles. The Balaban J connectivity index is 1.75. The number of benzene rings is 1. The molecule has 3 rings (SSSR count). The predicted molar refractivity (Wildman–Crippen MR) is 127 cm³/mol. The number of hydrogen-bond acceptors (Lipinski definition) is 6. The second-order valence-corrected chi connectivity index (χ2v) is 8.85. The summed E-state index contributed by atoms with van der Waals surface area (Å²) in [4.78, 5) is 73.5. The first-order valence-corrected chi connectivity index (χ1v) is 11.7. The van der Waals surface area contributed by atoms with Crippen molar-refractivity contribution in [2.75, 3.05) is 13.1 Å². The summed E-state index contributed by atoms with van der Waals surface area (Å²) >= 11 is 11.8. The fraction of sp³-hybridized carbons (Fsp3) is 0.364. The molecule has 2 fully saturated rings. The van der Waals surface area contributed by atoms with Crippen LogP contribution < -0.4 is 10.7 Å². The number of amides is 5. The van der Waals surface area contributed by atoms with Gasteiger partial charge in [-0.25, -0.2) is 19.8 Å². The van der Waals surface area contributed by atoms with Gasteiger partial charge in [0, 0.05) is 19.0 Å². The molecule has 36 heavy (non-hydrogen) atoms. The maximum Gasteiger partial charge on any atom is 0.358 e. The lowest BCUT2D eigenvalue weighted by Crippen LogP contribution is -2.64. The quantitative estimate of drug-likeness (QED) is 0.331. The van der Waals surface area contributed by atoms with Crippen LogP contribution in [0.5, 0.6) is 0 Å². The van der Waals surface area contributed by atoms with Gasteiger partial charge in [-0.3, -0.25) is 24.6 Å². The molecule has 5 amide bonds. The van der Waals surface area contributed by atoms with Crippen LogP contribution in [0.2, 0.25) is 10.0 Å². The summed E-state index contributed by atoms with van der Waals surface area (Å²) in [5.74, 6) is -3.18. The number of aliphatic carboxylic acids is 1. The number of nitrogens with zero attached hydrogens (tertiary/aromatic N) is 3. The van der Waals surface area contributed by atoms with E-state index in [4.69, 9.17) is 28.3 Å². The van der Waals surface area contributed by atoms with Gasteiger partial charge in [-0.15, -0.1) is 0 Å². The number of urea groups is 1.